The molecule has 0 radical (unpaired) electrons. The lowest BCUT2D eigenvalue weighted by Gasteiger charge is -2.58. The van der Waals surface area contributed by atoms with Gasteiger partial charge in [-0.2, -0.15) is 5.10 Å². The Kier molecular flexibility index (Phi) is 3.05. The number of aryl methyl sites for hydroxylation is 1. The van der Waals surface area contributed by atoms with E-state index in [0.29, 0.717) is 5.41 Å². The van der Waals surface area contributed by atoms with Crippen molar-refractivity contribution in [3.05, 3.63) is 16.4 Å². The van der Waals surface area contributed by atoms with Crippen LogP contribution >= 0.6 is 15.9 Å². The highest BCUT2D eigenvalue weighted by molar-refractivity contribution is 9.10. The van der Waals surface area contributed by atoms with E-state index in [4.69, 9.17) is 5.73 Å². The van der Waals surface area contributed by atoms with E-state index >= 15 is 0 Å². The molecule has 0 aromatic carbocycles. The van der Waals surface area contributed by atoms with Gasteiger partial charge in [-0.25, -0.2) is 0 Å². The van der Waals surface area contributed by atoms with Gasteiger partial charge in [0.1, 0.15) is 0 Å². The smallest absolute Gasteiger partial charge is 0.0699 e. The molecular weight excluding hydrogens is 314 g/mol. The van der Waals surface area contributed by atoms with Crippen LogP contribution in [0.3, 0.4) is 0 Å². The summed E-state index contributed by atoms with van der Waals surface area (Å²) < 4.78 is 3.19. The van der Waals surface area contributed by atoms with Crippen LogP contribution in [0.4, 0.5) is 0 Å². The lowest BCUT2D eigenvalue weighted by atomic mass is 9.47. The van der Waals surface area contributed by atoms with Crippen LogP contribution in [0.1, 0.15) is 57.2 Å². The quantitative estimate of drug-likeness (QED) is 0.909. The minimum absolute atomic E-state index is 0.146. The van der Waals surface area contributed by atoms with Gasteiger partial charge in [0.2, 0.25) is 0 Å². The third-order valence-corrected chi connectivity index (χ3v) is 6.78. The Bertz CT molecular complexity index is 487. The largest absolute Gasteiger partial charge is 0.322 e. The average molecular weight is 338 g/mol. The van der Waals surface area contributed by atoms with Crippen molar-refractivity contribution < 1.29 is 0 Å². The van der Waals surface area contributed by atoms with E-state index < -0.39 is 0 Å². The first-order chi connectivity index (χ1) is 9.61. The van der Waals surface area contributed by atoms with Crippen LogP contribution < -0.4 is 5.73 Å². The first-order valence-electron chi connectivity index (χ1n) is 8.08. The Morgan fingerprint density at radius 1 is 1.30 bits per heavy atom. The molecule has 1 heterocycles. The van der Waals surface area contributed by atoms with Crippen molar-refractivity contribution in [3.8, 4) is 0 Å². The third kappa shape index (κ3) is 1.83. The highest BCUT2D eigenvalue weighted by Crippen LogP contribution is 2.63. The standard InChI is InChI=1S/C16H24BrN3/c1-2-20-14(13(17)9-19-20)15(18)16-6-10-3-11(7-16)5-12(4-10)8-16/h9-12,15H,2-8,18H2,1H3. The van der Waals surface area contributed by atoms with Crippen molar-refractivity contribution in [1.82, 2.24) is 9.78 Å². The van der Waals surface area contributed by atoms with E-state index in [1.807, 2.05) is 6.20 Å². The Balaban J connectivity index is 1.71. The second-order valence-corrected chi connectivity index (χ2v) is 8.31. The van der Waals surface area contributed by atoms with Gasteiger partial charge in [0.05, 0.1) is 22.4 Å². The molecule has 20 heavy (non-hydrogen) atoms. The summed E-state index contributed by atoms with van der Waals surface area (Å²) in [6, 6.07) is 0.146. The van der Waals surface area contributed by atoms with E-state index in [0.717, 1.165) is 28.8 Å². The number of rotatable bonds is 3. The predicted octanol–water partition coefficient (Wildman–Crippen LogP) is 3.88. The van der Waals surface area contributed by atoms with Crippen LogP contribution in [0.2, 0.25) is 0 Å². The van der Waals surface area contributed by atoms with Crippen LogP contribution in [0.15, 0.2) is 10.7 Å². The zero-order chi connectivity index (χ0) is 13.9. The molecule has 3 nitrogen and oxygen atoms in total. The summed E-state index contributed by atoms with van der Waals surface area (Å²) in [5, 5.41) is 4.47. The van der Waals surface area contributed by atoms with Crippen LogP contribution in [-0.2, 0) is 6.54 Å². The van der Waals surface area contributed by atoms with Crippen LogP contribution in [-0.4, -0.2) is 9.78 Å². The molecule has 4 saturated carbocycles. The summed E-state index contributed by atoms with van der Waals surface area (Å²) in [4.78, 5) is 0. The van der Waals surface area contributed by atoms with Crippen molar-refractivity contribution in [2.75, 3.05) is 0 Å². The fourth-order valence-electron chi connectivity index (χ4n) is 5.78. The number of halogens is 1. The zero-order valence-electron chi connectivity index (χ0n) is 12.2. The summed E-state index contributed by atoms with van der Waals surface area (Å²) in [7, 11) is 0. The van der Waals surface area contributed by atoms with Crippen molar-refractivity contribution in [3.63, 3.8) is 0 Å². The Labute approximate surface area is 129 Å². The number of nitrogens with two attached hydrogens (primary N) is 1. The molecular formula is C16H24BrN3. The Hall–Kier alpha value is -0.350. The van der Waals surface area contributed by atoms with Crippen LogP contribution in [0.5, 0.6) is 0 Å². The molecule has 0 aliphatic heterocycles. The molecule has 0 amide bonds. The zero-order valence-corrected chi connectivity index (χ0v) is 13.8. The maximum Gasteiger partial charge on any atom is 0.0699 e. The topological polar surface area (TPSA) is 43.8 Å². The minimum atomic E-state index is 0.146. The second kappa shape index (κ2) is 4.57. The molecule has 4 aliphatic rings. The lowest BCUT2D eigenvalue weighted by molar-refractivity contribution is -0.0692. The molecule has 1 aromatic rings. The van der Waals surface area contributed by atoms with Gasteiger partial charge in [-0.3, -0.25) is 4.68 Å². The Morgan fingerprint density at radius 3 is 2.35 bits per heavy atom. The van der Waals surface area contributed by atoms with Crippen molar-refractivity contribution in [2.24, 2.45) is 28.9 Å². The highest BCUT2D eigenvalue weighted by Gasteiger charge is 2.54. The number of aromatic nitrogens is 2. The van der Waals surface area contributed by atoms with Gasteiger partial charge in [-0.1, -0.05) is 0 Å². The maximum atomic E-state index is 6.82. The van der Waals surface area contributed by atoms with E-state index in [1.54, 1.807) is 0 Å². The summed E-state index contributed by atoms with van der Waals surface area (Å²) in [5.41, 5.74) is 8.41. The normalized spacial score (nSPS) is 40.2. The molecule has 2 N–H and O–H groups in total. The molecule has 4 heteroatoms. The monoisotopic (exact) mass is 337 g/mol. The SMILES string of the molecule is CCn1ncc(Br)c1C(N)C12CC3CC(CC(C3)C1)C2. The van der Waals surface area contributed by atoms with E-state index in [9.17, 15) is 0 Å². The lowest BCUT2D eigenvalue weighted by Crippen LogP contribution is -2.51. The van der Waals surface area contributed by atoms with Gasteiger partial charge in [0.15, 0.2) is 0 Å². The average Bonchev–Trinajstić information content (AvgIpc) is 2.77. The number of hydrogen-bond donors (Lipinski definition) is 1. The van der Waals surface area contributed by atoms with E-state index in [1.165, 1.54) is 44.2 Å². The number of hydrogen-bond acceptors (Lipinski definition) is 2. The summed E-state index contributed by atoms with van der Waals surface area (Å²) in [5.74, 6) is 2.84. The molecule has 4 aliphatic carbocycles. The molecule has 1 aromatic heterocycles. The molecule has 1 atom stereocenters. The summed E-state index contributed by atoms with van der Waals surface area (Å²) in [6.07, 6.45) is 10.4. The van der Waals surface area contributed by atoms with Crippen LogP contribution in [0.25, 0.3) is 0 Å². The van der Waals surface area contributed by atoms with Crippen molar-refractivity contribution in [2.45, 2.75) is 58.0 Å². The van der Waals surface area contributed by atoms with Gasteiger partial charge in [0, 0.05) is 6.54 Å². The van der Waals surface area contributed by atoms with Crippen molar-refractivity contribution >= 4 is 15.9 Å². The second-order valence-electron chi connectivity index (χ2n) is 7.45. The van der Waals surface area contributed by atoms with Gasteiger partial charge in [-0.15, -0.1) is 0 Å². The van der Waals surface area contributed by atoms with Gasteiger partial charge in [-0.05, 0) is 84.5 Å². The van der Waals surface area contributed by atoms with E-state index in [-0.39, 0.29) is 6.04 Å². The predicted molar refractivity (Wildman–Crippen MR) is 83.1 cm³/mol. The first kappa shape index (κ1) is 13.3. The maximum absolute atomic E-state index is 6.82. The van der Waals surface area contributed by atoms with E-state index in [2.05, 4.69) is 32.6 Å². The molecule has 0 saturated heterocycles. The fraction of sp³-hybridized carbons (Fsp3) is 0.812. The molecule has 4 fully saturated rings. The summed E-state index contributed by atoms with van der Waals surface area (Å²) >= 11 is 3.67. The van der Waals surface area contributed by atoms with Gasteiger partial charge >= 0.3 is 0 Å². The molecule has 5 rings (SSSR count). The molecule has 110 valence electrons. The van der Waals surface area contributed by atoms with Gasteiger partial charge in [0.25, 0.3) is 0 Å². The number of nitrogens with zero attached hydrogens (tertiary/aromatic N) is 2. The summed E-state index contributed by atoms with van der Waals surface area (Å²) in [6.45, 7) is 3.05. The third-order valence-electron chi connectivity index (χ3n) is 6.17. The fourth-order valence-corrected chi connectivity index (χ4v) is 6.32. The highest BCUT2D eigenvalue weighted by atomic mass is 79.9. The molecule has 4 bridgehead atoms. The Morgan fingerprint density at radius 2 is 1.85 bits per heavy atom. The molecule has 1 unspecified atom stereocenters. The van der Waals surface area contributed by atoms with Gasteiger partial charge < -0.3 is 5.73 Å². The minimum Gasteiger partial charge on any atom is -0.322 e. The van der Waals surface area contributed by atoms with Crippen LogP contribution in [0, 0.1) is 23.2 Å². The first-order valence-corrected chi connectivity index (χ1v) is 8.87. The molecule has 0 spiro atoms. The van der Waals surface area contributed by atoms with Crippen molar-refractivity contribution in [1.29, 1.82) is 0 Å².